The number of nitrogens with zero attached hydrogens (tertiary/aromatic N) is 3. The molecule has 0 amide bonds. The lowest BCUT2D eigenvalue weighted by Crippen LogP contribution is -2.26. The second-order valence-corrected chi connectivity index (χ2v) is 9.41. The van der Waals surface area contributed by atoms with Gasteiger partial charge in [0.25, 0.3) is 10.0 Å². The zero-order valence-corrected chi connectivity index (χ0v) is 19.4. The van der Waals surface area contributed by atoms with Gasteiger partial charge in [-0.25, -0.2) is 18.2 Å². The van der Waals surface area contributed by atoms with E-state index in [1.54, 1.807) is 54.6 Å². The molecule has 0 aliphatic carbocycles. The standard InChI is InChI=1S/C25H20N4O5S/c1-29(18-7-3-2-4-8-18)35(32,33)19-13-11-17(12-14-19)25(31)34-16-23(30)20(15-26)24-27-21-9-5-6-10-22(21)28-24/h2-14,30H,16H2,1H3,(H,27,28). The number of imidazole rings is 1. The highest BCUT2D eigenvalue weighted by molar-refractivity contribution is 7.92. The second kappa shape index (κ2) is 9.70. The molecule has 0 aliphatic heterocycles. The summed E-state index contributed by atoms with van der Waals surface area (Å²) in [7, 11) is -2.39. The van der Waals surface area contributed by atoms with Crippen molar-refractivity contribution in [3.8, 4) is 6.07 Å². The fourth-order valence-corrected chi connectivity index (χ4v) is 4.51. The zero-order chi connectivity index (χ0) is 25.0. The molecule has 10 heteroatoms. The number of anilines is 1. The largest absolute Gasteiger partial charge is 0.507 e. The number of ether oxygens (including phenoxy) is 1. The van der Waals surface area contributed by atoms with Crippen LogP contribution < -0.4 is 4.31 Å². The van der Waals surface area contributed by atoms with E-state index in [0.717, 1.165) is 4.31 Å². The highest BCUT2D eigenvalue weighted by atomic mass is 32.2. The monoisotopic (exact) mass is 488 g/mol. The number of aromatic amines is 1. The Morgan fingerprint density at radius 2 is 1.71 bits per heavy atom. The summed E-state index contributed by atoms with van der Waals surface area (Å²) >= 11 is 0. The van der Waals surface area contributed by atoms with Gasteiger partial charge in [-0.3, -0.25) is 4.31 Å². The predicted octanol–water partition coefficient (Wildman–Crippen LogP) is 4.04. The first-order valence-electron chi connectivity index (χ1n) is 10.4. The smallest absolute Gasteiger partial charge is 0.338 e. The number of carbonyl (C=O) groups is 1. The van der Waals surface area contributed by atoms with E-state index in [-0.39, 0.29) is 21.9 Å². The van der Waals surface area contributed by atoms with Crippen molar-refractivity contribution in [1.29, 1.82) is 5.26 Å². The number of aliphatic hydroxyl groups excluding tert-OH is 1. The molecule has 0 saturated carbocycles. The van der Waals surface area contributed by atoms with Crippen molar-refractivity contribution in [2.75, 3.05) is 18.0 Å². The van der Waals surface area contributed by atoms with E-state index in [1.165, 1.54) is 31.3 Å². The SMILES string of the molecule is CN(c1ccccc1)S(=O)(=O)c1ccc(C(=O)OCC(O)=C(C#N)c2nc3ccccc3[nH]2)cc1. The number of hydrogen-bond donors (Lipinski definition) is 2. The molecule has 0 spiro atoms. The van der Waals surface area contributed by atoms with Crippen LogP contribution in [0.1, 0.15) is 16.2 Å². The molecule has 35 heavy (non-hydrogen) atoms. The number of rotatable bonds is 7. The van der Waals surface area contributed by atoms with Gasteiger partial charge in [-0.1, -0.05) is 30.3 Å². The van der Waals surface area contributed by atoms with Crippen LogP contribution in [-0.4, -0.2) is 43.1 Å². The molecule has 3 aromatic carbocycles. The average Bonchev–Trinajstić information content (AvgIpc) is 3.31. The summed E-state index contributed by atoms with van der Waals surface area (Å²) in [4.78, 5) is 19.6. The van der Waals surface area contributed by atoms with Crippen molar-refractivity contribution < 1.29 is 23.1 Å². The lowest BCUT2D eigenvalue weighted by Gasteiger charge is -2.19. The molecule has 0 radical (unpaired) electrons. The maximum Gasteiger partial charge on any atom is 0.338 e. The second-order valence-electron chi connectivity index (χ2n) is 7.44. The van der Waals surface area contributed by atoms with E-state index in [9.17, 15) is 23.6 Å². The van der Waals surface area contributed by atoms with Crippen molar-refractivity contribution in [3.05, 3.63) is 96.0 Å². The molecule has 0 bridgehead atoms. The molecule has 4 rings (SSSR count). The van der Waals surface area contributed by atoms with Crippen LogP contribution in [-0.2, 0) is 14.8 Å². The number of aliphatic hydroxyl groups is 1. The van der Waals surface area contributed by atoms with Gasteiger partial charge in [-0.2, -0.15) is 5.26 Å². The molecule has 1 aromatic heterocycles. The number of hydrogen-bond acceptors (Lipinski definition) is 7. The topological polar surface area (TPSA) is 136 Å². The van der Waals surface area contributed by atoms with Gasteiger partial charge in [0.2, 0.25) is 0 Å². The fraction of sp³-hybridized carbons (Fsp3) is 0.0800. The Hall–Kier alpha value is -4.62. The average molecular weight is 489 g/mol. The number of allylic oxidation sites excluding steroid dienone is 1. The summed E-state index contributed by atoms with van der Waals surface area (Å²) in [5, 5.41) is 19.8. The third-order valence-electron chi connectivity index (χ3n) is 5.23. The maximum absolute atomic E-state index is 12.9. The Labute approximate surface area is 201 Å². The van der Waals surface area contributed by atoms with E-state index >= 15 is 0 Å². The highest BCUT2D eigenvalue weighted by Crippen LogP contribution is 2.22. The predicted molar refractivity (Wildman–Crippen MR) is 130 cm³/mol. The molecule has 0 saturated heterocycles. The third kappa shape index (κ3) is 4.85. The third-order valence-corrected chi connectivity index (χ3v) is 7.03. The fourth-order valence-electron chi connectivity index (χ4n) is 3.31. The minimum atomic E-state index is -3.83. The van der Waals surface area contributed by atoms with Crippen LogP contribution in [0.5, 0.6) is 0 Å². The van der Waals surface area contributed by atoms with E-state index in [0.29, 0.717) is 16.7 Å². The van der Waals surface area contributed by atoms with Crippen LogP contribution >= 0.6 is 0 Å². The Morgan fingerprint density at radius 3 is 2.37 bits per heavy atom. The van der Waals surface area contributed by atoms with Crippen LogP contribution in [0.2, 0.25) is 0 Å². The minimum Gasteiger partial charge on any atom is -0.507 e. The number of carbonyl (C=O) groups excluding carboxylic acids is 1. The van der Waals surface area contributed by atoms with Gasteiger partial charge in [-0.15, -0.1) is 0 Å². The molecule has 9 nitrogen and oxygen atoms in total. The van der Waals surface area contributed by atoms with E-state index in [4.69, 9.17) is 4.74 Å². The molecule has 1 heterocycles. The first-order chi connectivity index (χ1) is 16.8. The number of esters is 1. The number of nitrogens with one attached hydrogen (secondary N) is 1. The van der Waals surface area contributed by atoms with Crippen molar-refractivity contribution in [2.24, 2.45) is 0 Å². The van der Waals surface area contributed by atoms with Crippen LogP contribution in [0.15, 0.2) is 89.5 Å². The van der Waals surface area contributed by atoms with Gasteiger partial charge in [0, 0.05) is 7.05 Å². The van der Waals surface area contributed by atoms with Crippen molar-refractivity contribution in [1.82, 2.24) is 9.97 Å². The quantitative estimate of drug-likeness (QED) is 0.228. The first kappa shape index (κ1) is 23.5. The maximum atomic E-state index is 12.9. The van der Waals surface area contributed by atoms with Crippen molar-refractivity contribution in [2.45, 2.75) is 4.90 Å². The molecule has 0 unspecified atom stereocenters. The summed E-state index contributed by atoms with van der Waals surface area (Å²) in [6.07, 6.45) is 0. The Morgan fingerprint density at radius 1 is 1.06 bits per heavy atom. The van der Waals surface area contributed by atoms with Gasteiger partial charge in [0.05, 0.1) is 27.2 Å². The number of nitriles is 1. The lowest BCUT2D eigenvalue weighted by atomic mass is 10.2. The summed E-state index contributed by atoms with van der Waals surface area (Å²) in [6, 6.07) is 22.8. The summed E-state index contributed by atoms with van der Waals surface area (Å²) < 4.78 is 32.0. The summed E-state index contributed by atoms with van der Waals surface area (Å²) in [5.74, 6) is -1.11. The number of sulfonamides is 1. The lowest BCUT2D eigenvalue weighted by molar-refractivity contribution is 0.0502. The molecule has 2 N–H and O–H groups in total. The zero-order valence-electron chi connectivity index (χ0n) is 18.5. The number of benzene rings is 3. The molecule has 0 fully saturated rings. The van der Waals surface area contributed by atoms with Crippen LogP contribution in [0.3, 0.4) is 0 Å². The molecular weight excluding hydrogens is 468 g/mol. The number of H-pyrrole nitrogens is 1. The van der Waals surface area contributed by atoms with E-state index in [2.05, 4.69) is 9.97 Å². The number of aromatic nitrogens is 2. The van der Waals surface area contributed by atoms with E-state index < -0.39 is 28.4 Å². The van der Waals surface area contributed by atoms with Gasteiger partial charge >= 0.3 is 5.97 Å². The molecule has 0 aliphatic rings. The molecular formula is C25H20N4O5S. The van der Waals surface area contributed by atoms with Gasteiger partial charge < -0.3 is 14.8 Å². The molecule has 0 atom stereocenters. The molecule has 4 aromatic rings. The van der Waals surface area contributed by atoms with E-state index in [1.807, 2.05) is 6.07 Å². The van der Waals surface area contributed by atoms with Gasteiger partial charge in [0.15, 0.2) is 11.6 Å². The van der Waals surface area contributed by atoms with Crippen molar-refractivity contribution in [3.63, 3.8) is 0 Å². The normalized spacial score (nSPS) is 12.0. The number of para-hydroxylation sites is 3. The van der Waals surface area contributed by atoms with Crippen LogP contribution in [0.25, 0.3) is 16.6 Å². The van der Waals surface area contributed by atoms with Crippen LogP contribution in [0.4, 0.5) is 5.69 Å². The van der Waals surface area contributed by atoms with Crippen LogP contribution in [0, 0.1) is 11.3 Å². The molecule has 176 valence electrons. The highest BCUT2D eigenvalue weighted by Gasteiger charge is 2.22. The summed E-state index contributed by atoms with van der Waals surface area (Å²) in [5.41, 5.74) is 1.73. The van der Waals surface area contributed by atoms with Crippen molar-refractivity contribution >= 4 is 38.3 Å². The Kier molecular flexibility index (Phi) is 6.53. The Bertz CT molecular complexity index is 1520. The summed E-state index contributed by atoms with van der Waals surface area (Å²) in [6.45, 7) is -0.560. The van der Waals surface area contributed by atoms with Gasteiger partial charge in [-0.05, 0) is 48.5 Å². The van der Waals surface area contributed by atoms with Gasteiger partial charge in [0.1, 0.15) is 18.2 Å². The number of fused-ring (bicyclic) bond motifs is 1. The first-order valence-corrected chi connectivity index (χ1v) is 11.8. The Balaban J connectivity index is 1.47. The minimum absolute atomic E-state index is 0.000187.